The van der Waals surface area contributed by atoms with Crippen molar-refractivity contribution in [2.45, 2.75) is 25.7 Å². The van der Waals surface area contributed by atoms with Crippen LogP contribution in [0.4, 0.5) is 0 Å². The Morgan fingerprint density at radius 2 is 1.25 bits per heavy atom. The monoisotopic (exact) mass is 454 g/mol. The molecule has 0 bridgehead atoms. The normalized spacial score (nSPS) is 10.5. The summed E-state index contributed by atoms with van der Waals surface area (Å²) in [4.78, 5) is 12.2. The highest BCUT2D eigenvalue weighted by Gasteiger charge is 2.11. The first-order valence-electron chi connectivity index (χ1n) is 7.71. The van der Waals surface area contributed by atoms with Crippen LogP contribution in [0.2, 0.25) is 0 Å². The Kier molecular flexibility index (Phi) is 7.31. The molecule has 0 saturated heterocycles. The summed E-state index contributed by atoms with van der Waals surface area (Å²) in [6.07, 6.45) is 2.45. The molecule has 128 valence electrons. The third kappa shape index (κ3) is 4.84. The van der Waals surface area contributed by atoms with Crippen molar-refractivity contribution in [1.29, 1.82) is 0 Å². The van der Waals surface area contributed by atoms with Crippen LogP contribution >= 0.6 is 31.9 Å². The molecule has 0 unspecified atom stereocenters. The van der Waals surface area contributed by atoms with Crippen LogP contribution in [0.5, 0.6) is 11.5 Å². The summed E-state index contributed by atoms with van der Waals surface area (Å²) in [5.74, 6) is 1.83. The van der Waals surface area contributed by atoms with E-state index in [4.69, 9.17) is 9.47 Å². The predicted molar refractivity (Wildman–Crippen MR) is 103 cm³/mol. The van der Waals surface area contributed by atoms with Gasteiger partial charge < -0.3 is 9.47 Å². The van der Waals surface area contributed by atoms with Crippen molar-refractivity contribution in [3.05, 3.63) is 56.5 Å². The Morgan fingerprint density at radius 3 is 1.62 bits per heavy atom. The molecule has 2 aromatic carbocycles. The lowest BCUT2D eigenvalue weighted by molar-refractivity contribution is -0.119. The fourth-order valence-electron chi connectivity index (χ4n) is 2.49. The molecule has 0 fully saturated rings. The maximum Gasteiger partial charge on any atom is 0.133 e. The topological polar surface area (TPSA) is 35.5 Å². The number of ether oxygens (including phenoxy) is 2. The van der Waals surface area contributed by atoms with Crippen molar-refractivity contribution in [2.75, 3.05) is 14.2 Å². The zero-order chi connectivity index (χ0) is 17.5. The van der Waals surface area contributed by atoms with Gasteiger partial charge in [-0.05, 0) is 68.0 Å². The fraction of sp³-hybridized carbons (Fsp3) is 0.316. The van der Waals surface area contributed by atoms with Gasteiger partial charge in [0.2, 0.25) is 0 Å². The van der Waals surface area contributed by atoms with Crippen molar-refractivity contribution < 1.29 is 14.3 Å². The molecule has 0 N–H and O–H groups in total. The summed E-state index contributed by atoms with van der Waals surface area (Å²) in [5.41, 5.74) is 2.18. The molecule has 0 aliphatic rings. The number of methoxy groups -OCH3 is 2. The molecular weight excluding hydrogens is 436 g/mol. The lowest BCUT2D eigenvalue weighted by Crippen LogP contribution is -2.03. The van der Waals surface area contributed by atoms with Crippen molar-refractivity contribution in [1.82, 2.24) is 0 Å². The quantitative estimate of drug-likeness (QED) is 0.537. The standard InChI is InChI=1S/C19H20Br2O3/c1-23-16-7-3-5-13(18(16)20)9-11-15(22)12-10-14-6-4-8-17(24-2)19(14)21/h3-8H,9-12H2,1-2H3. The third-order valence-corrected chi connectivity index (χ3v) is 5.67. The maximum atomic E-state index is 12.2. The highest BCUT2D eigenvalue weighted by molar-refractivity contribution is 9.11. The molecule has 2 aromatic rings. The van der Waals surface area contributed by atoms with Crippen LogP contribution in [0.15, 0.2) is 45.3 Å². The van der Waals surface area contributed by atoms with E-state index in [-0.39, 0.29) is 5.78 Å². The third-order valence-electron chi connectivity index (χ3n) is 3.87. The van der Waals surface area contributed by atoms with Gasteiger partial charge in [-0.2, -0.15) is 0 Å². The lowest BCUT2D eigenvalue weighted by atomic mass is 10.0. The van der Waals surface area contributed by atoms with Gasteiger partial charge in [0.25, 0.3) is 0 Å². The number of rotatable bonds is 8. The van der Waals surface area contributed by atoms with Crippen molar-refractivity contribution in [2.24, 2.45) is 0 Å². The molecule has 0 atom stereocenters. The second-order valence-electron chi connectivity index (χ2n) is 5.41. The Balaban J connectivity index is 1.91. The lowest BCUT2D eigenvalue weighted by Gasteiger charge is -2.10. The summed E-state index contributed by atoms with van der Waals surface area (Å²) in [6.45, 7) is 0. The van der Waals surface area contributed by atoms with Gasteiger partial charge in [-0.3, -0.25) is 4.79 Å². The number of carbonyl (C=O) groups excluding carboxylic acids is 1. The second-order valence-corrected chi connectivity index (χ2v) is 6.99. The number of carbonyl (C=O) groups is 1. The minimum Gasteiger partial charge on any atom is -0.496 e. The smallest absolute Gasteiger partial charge is 0.133 e. The van der Waals surface area contributed by atoms with Crippen molar-refractivity contribution >= 4 is 37.6 Å². The summed E-state index contributed by atoms with van der Waals surface area (Å²) < 4.78 is 12.4. The number of hydrogen-bond acceptors (Lipinski definition) is 3. The molecule has 24 heavy (non-hydrogen) atoms. The van der Waals surface area contributed by atoms with Gasteiger partial charge >= 0.3 is 0 Å². The largest absolute Gasteiger partial charge is 0.496 e. The minimum absolute atomic E-state index is 0.249. The van der Waals surface area contributed by atoms with Crippen LogP contribution in [0.1, 0.15) is 24.0 Å². The average Bonchev–Trinajstić information content (AvgIpc) is 2.60. The van der Waals surface area contributed by atoms with Gasteiger partial charge in [0.05, 0.1) is 23.2 Å². The van der Waals surface area contributed by atoms with E-state index in [0.29, 0.717) is 25.7 Å². The van der Waals surface area contributed by atoms with E-state index in [1.54, 1.807) is 14.2 Å². The molecular formula is C19H20Br2O3. The van der Waals surface area contributed by atoms with Crippen LogP contribution < -0.4 is 9.47 Å². The zero-order valence-corrected chi connectivity index (χ0v) is 16.9. The van der Waals surface area contributed by atoms with E-state index in [0.717, 1.165) is 31.6 Å². The highest BCUT2D eigenvalue weighted by atomic mass is 79.9. The van der Waals surface area contributed by atoms with Gasteiger partial charge in [0.15, 0.2) is 0 Å². The Hall–Kier alpha value is -1.33. The Bertz CT molecular complexity index is 654. The van der Waals surface area contributed by atoms with Gasteiger partial charge in [-0.1, -0.05) is 24.3 Å². The summed E-state index contributed by atoms with van der Waals surface area (Å²) in [6, 6.07) is 11.7. The molecule has 5 heteroatoms. The summed E-state index contributed by atoms with van der Waals surface area (Å²) >= 11 is 7.07. The zero-order valence-electron chi connectivity index (χ0n) is 13.8. The molecule has 2 rings (SSSR count). The first-order valence-corrected chi connectivity index (χ1v) is 9.30. The number of ketones is 1. The van der Waals surface area contributed by atoms with Crippen molar-refractivity contribution in [3.63, 3.8) is 0 Å². The molecule has 0 spiro atoms. The van der Waals surface area contributed by atoms with Gasteiger partial charge in [0.1, 0.15) is 17.3 Å². The number of hydrogen-bond donors (Lipinski definition) is 0. The Labute approximate surface area is 159 Å². The second kappa shape index (κ2) is 9.23. The molecule has 0 radical (unpaired) electrons. The molecule has 0 aliphatic heterocycles. The Morgan fingerprint density at radius 1 is 0.833 bits per heavy atom. The number of halogens is 2. The molecule has 0 heterocycles. The molecule has 3 nitrogen and oxygen atoms in total. The first kappa shape index (κ1) is 19.0. The fourth-order valence-corrected chi connectivity index (χ4v) is 3.74. The number of Topliss-reactive ketones (excluding diaryl/α,β-unsaturated/α-hetero) is 1. The van der Waals surface area contributed by atoms with E-state index in [1.807, 2.05) is 36.4 Å². The van der Waals surface area contributed by atoms with Crippen LogP contribution in [0, 0.1) is 0 Å². The van der Waals surface area contributed by atoms with E-state index >= 15 is 0 Å². The van der Waals surface area contributed by atoms with E-state index < -0.39 is 0 Å². The number of benzene rings is 2. The minimum atomic E-state index is 0.249. The molecule has 0 aromatic heterocycles. The van der Waals surface area contributed by atoms with Crippen molar-refractivity contribution in [3.8, 4) is 11.5 Å². The summed E-state index contributed by atoms with van der Waals surface area (Å²) in [7, 11) is 3.28. The SMILES string of the molecule is COc1cccc(CCC(=O)CCc2cccc(OC)c2Br)c1Br. The van der Waals surface area contributed by atoms with Gasteiger partial charge in [0, 0.05) is 12.8 Å². The van der Waals surface area contributed by atoms with Gasteiger partial charge in [-0.15, -0.1) is 0 Å². The molecule has 0 aliphatic carbocycles. The molecule has 0 amide bonds. The van der Waals surface area contributed by atoms with E-state index in [1.165, 1.54) is 0 Å². The average molecular weight is 456 g/mol. The maximum absolute atomic E-state index is 12.2. The van der Waals surface area contributed by atoms with Crippen LogP contribution in [-0.4, -0.2) is 20.0 Å². The predicted octanol–water partition coefficient (Wildman–Crippen LogP) is 5.36. The molecule has 0 saturated carbocycles. The van der Waals surface area contributed by atoms with Crippen LogP contribution in [-0.2, 0) is 17.6 Å². The first-order chi connectivity index (χ1) is 11.6. The summed E-state index contributed by atoms with van der Waals surface area (Å²) in [5, 5.41) is 0. The van der Waals surface area contributed by atoms with Crippen LogP contribution in [0.3, 0.4) is 0 Å². The van der Waals surface area contributed by atoms with E-state index in [9.17, 15) is 4.79 Å². The highest BCUT2D eigenvalue weighted by Crippen LogP contribution is 2.30. The van der Waals surface area contributed by atoms with Gasteiger partial charge in [-0.25, -0.2) is 0 Å². The number of aryl methyl sites for hydroxylation is 2. The van der Waals surface area contributed by atoms with Crippen LogP contribution in [0.25, 0.3) is 0 Å². The van der Waals surface area contributed by atoms with E-state index in [2.05, 4.69) is 31.9 Å².